The maximum atomic E-state index is 12.5. The van der Waals surface area contributed by atoms with Gasteiger partial charge in [0, 0.05) is 25.4 Å². The normalized spacial score (nSPS) is 22.3. The maximum Gasteiger partial charge on any atom is 0.340 e. The van der Waals surface area contributed by atoms with Crippen molar-refractivity contribution < 1.29 is 14.4 Å². The monoisotopic (exact) mass is 345 g/mol. The van der Waals surface area contributed by atoms with Gasteiger partial charge >= 0.3 is 5.97 Å². The van der Waals surface area contributed by atoms with Gasteiger partial charge in [-0.2, -0.15) is 5.06 Å². The van der Waals surface area contributed by atoms with E-state index in [1.165, 1.54) is 0 Å². The first-order valence-electron chi connectivity index (χ1n) is 7.45. The number of hydroxylamine groups is 2. The van der Waals surface area contributed by atoms with Crippen molar-refractivity contribution in [3.8, 4) is 0 Å². The molecule has 1 aliphatic rings. The van der Waals surface area contributed by atoms with Crippen molar-refractivity contribution in [3.63, 3.8) is 0 Å². The highest BCUT2D eigenvalue weighted by Crippen LogP contribution is 2.34. The van der Waals surface area contributed by atoms with E-state index >= 15 is 0 Å². The van der Waals surface area contributed by atoms with Crippen LogP contribution in [0.25, 0.3) is 0 Å². The maximum absolute atomic E-state index is 12.5. The van der Waals surface area contributed by atoms with Crippen molar-refractivity contribution in [1.29, 1.82) is 0 Å². The lowest BCUT2D eigenvalue weighted by molar-refractivity contribution is -0.223. The Hall–Kier alpha value is -0.810. The summed E-state index contributed by atoms with van der Waals surface area (Å²) >= 11 is 12.0. The first-order valence-corrected chi connectivity index (χ1v) is 8.20. The Morgan fingerprint density at radius 3 is 2.68 bits per heavy atom. The molecule has 2 rings (SSSR count). The smallest absolute Gasteiger partial charge is 0.340 e. The second-order valence-electron chi connectivity index (χ2n) is 5.72. The van der Waals surface area contributed by atoms with Crippen molar-refractivity contribution in [3.05, 3.63) is 33.8 Å². The van der Waals surface area contributed by atoms with Crippen LogP contribution in [-0.2, 0) is 20.8 Å². The molecule has 0 saturated carbocycles. The molecule has 1 saturated heterocycles. The minimum atomic E-state index is -0.989. The zero-order valence-corrected chi connectivity index (χ0v) is 14.6. The summed E-state index contributed by atoms with van der Waals surface area (Å²) in [7, 11) is 0. The zero-order chi connectivity index (χ0) is 16.3. The van der Waals surface area contributed by atoms with Crippen molar-refractivity contribution in [2.75, 3.05) is 13.2 Å². The summed E-state index contributed by atoms with van der Waals surface area (Å²) in [5.74, 6) is -0.329. The average molecular weight is 346 g/mol. The van der Waals surface area contributed by atoms with Crippen LogP contribution in [-0.4, -0.2) is 35.8 Å². The van der Waals surface area contributed by atoms with Crippen LogP contribution in [0.3, 0.4) is 0 Å². The van der Waals surface area contributed by atoms with Crippen molar-refractivity contribution in [2.45, 2.75) is 45.3 Å². The topological polar surface area (TPSA) is 38.8 Å². The van der Waals surface area contributed by atoms with Crippen LogP contribution in [0.2, 0.25) is 10.0 Å². The second kappa shape index (κ2) is 7.18. The lowest BCUT2D eigenvalue weighted by Gasteiger charge is -2.28. The Balaban J connectivity index is 2.25. The van der Waals surface area contributed by atoms with Gasteiger partial charge in [-0.1, -0.05) is 29.3 Å². The molecule has 0 bridgehead atoms. The van der Waals surface area contributed by atoms with E-state index in [0.29, 0.717) is 36.0 Å². The van der Waals surface area contributed by atoms with E-state index in [4.69, 9.17) is 32.8 Å². The Morgan fingerprint density at radius 2 is 2.14 bits per heavy atom. The summed E-state index contributed by atoms with van der Waals surface area (Å²) < 4.78 is 5.23. The van der Waals surface area contributed by atoms with E-state index in [2.05, 4.69) is 0 Å². The van der Waals surface area contributed by atoms with Crippen molar-refractivity contribution in [1.82, 2.24) is 5.06 Å². The molecule has 1 aliphatic heterocycles. The molecule has 6 heteroatoms. The lowest BCUT2D eigenvalue weighted by atomic mass is 9.92. The van der Waals surface area contributed by atoms with Gasteiger partial charge in [-0.05, 0) is 38.5 Å². The number of halogens is 2. The lowest BCUT2D eigenvalue weighted by Crippen LogP contribution is -2.44. The van der Waals surface area contributed by atoms with E-state index in [1.807, 2.05) is 25.0 Å². The van der Waals surface area contributed by atoms with Gasteiger partial charge in [0.1, 0.15) is 0 Å². The van der Waals surface area contributed by atoms with Crippen molar-refractivity contribution >= 4 is 29.2 Å². The number of rotatable bonds is 5. The number of nitrogens with zero attached hydrogens (tertiary/aromatic N) is 1. The molecule has 0 radical (unpaired) electrons. The van der Waals surface area contributed by atoms with Crippen LogP contribution in [0.15, 0.2) is 18.2 Å². The van der Waals surface area contributed by atoms with Crippen LogP contribution < -0.4 is 0 Å². The van der Waals surface area contributed by atoms with E-state index in [1.54, 1.807) is 19.1 Å². The van der Waals surface area contributed by atoms with Gasteiger partial charge in [0.15, 0.2) is 5.60 Å². The van der Waals surface area contributed by atoms with E-state index < -0.39 is 5.60 Å². The van der Waals surface area contributed by atoms with Crippen LogP contribution >= 0.6 is 23.2 Å². The Bertz CT molecular complexity index is 550. The molecule has 22 heavy (non-hydrogen) atoms. The largest absolute Gasteiger partial charge is 0.464 e. The number of carbonyl (C=O) groups excluding carboxylic acids is 1. The van der Waals surface area contributed by atoms with Gasteiger partial charge in [0.05, 0.1) is 16.7 Å². The van der Waals surface area contributed by atoms with Crippen LogP contribution in [0, 0.1) is 0 Å². The Morgan fingerprint density at radius 1 is 1.41 bits per heavy atom. The molecule has 0 aliphatic carbocycles. The molecule has 0 aromatic heterocycles. The van der Waals surface area contributed by atoms with Gasteiger partial charge in [0.2, 0.25) is 0 Å². The molecule has 1 atom stereocenters. The number of esters is 1. The summed E-state index contributed by atoms with van der Waals surface area (Å²) in [6.45, 7) is 6.87. The minimum Gasteiger partial charge on any atom is -0.464 e. The zero-order valence-electron chi connectivity index (χ0n) is 13.1. The standard InChI is InChI=1S/C16H21Cl2NO3/c1-4-21-15(20)16(7-8-19(22-16)11(2)3)10-12-5-6-13(17)14(18)9-12/h5-6,9,11H,4,7-8,10H2,1-3H3. The van der Waals surface area contributed by atoms with Gasteiger partial charge in [-0.25, -0.2) is 4.79 Å². The SMILES string of the molecule is CCOC(=O)C1(Cc2ccc(Cl)c(Cl)c2)CCN(C(C)C)O1. The third kappa shape index (κ3) is 3.74. The highest BCUT2D eigenvalue weighted by atomic mass is 35.5. The summed E-state index contributed by atoms with van der Waals surface area (Å²) in [6.07, 6.45) is 0.996. The predicted molar refractivity (Wildman–Crippen MR) is 87.1 cm³/mol. The Kier molecular flexibility index (Phi) is 5.72. The molecule has 0 amide bonds. The molecular weight excluding hydrogens is 325 g/mol. The van der Waals surface area contributed by atoms with Crippen LogP contribution in [0.5, 0.6) is 0 Å². The number of carbonyl (C=O) groups is 1. The van der Waals surface area contributed by atoms with Gasteiger partial charge in [-0.3, -0.25) is 4.84 Å². The van der Waals surface area contributed by atoms with Crippen LogP contribution in [0.4, 0.5) is 0 Å². The highest BCUT2D eigenvalue weighted by Gasteiger charge is 2.48. The summed E-state index contributed by atoms with van der Waals surface area (Å²) in [6, 6.07) is 5.56. The van der Waals surface area contributed by atoms with E-state index in [9.17, 15) is 4.79 Å². The predicted octanol–water partition coefficient (Wildman–Crippen LogP) is 3.88. The van der Waals surface area contributed by atoms with E-state index in [0.717, 1.165) is 5.56 Å². The molecule has 0 spiro atoms. The fraction of sp³-hybridized carbons (Fsp3) is 0.562. The summed E-state index contributed by atoms with van der Waals surface area (Å²) in [5, 5.41) is 2.79. The molecular formula is C16H21Cl2NO3. The van der Waals surface area contributed by atoms with Gasteiger partial charge in [0.25, 0.3) is 0 Å². The molecule has 0 N–H and O–H groups in total. The number of hydrogen-bond donors (Lipinski definition) is 0. The fourth-order valence-electron chi connectivity index (χ4n) is 2.54. The number of ether oxygens (including phenoxy) is 1. The first kappa shape index (κ1) is 17.5. The van der Waals surface area contributed by atoms with Gasteiger partial charge < -0.3 is 4.74 Å². The third-order valence-corrected chi connectivity index (χ3v) is 4.46. The average Bonchev–Trinajstić information content (AvgIpc) is 2.89. The van der Waals surface area contributed by atoms with Crippen LogP contribution in [0.1, 0.15) is 32.8 Å². The van der Waals surface area contributed by atoms with Gasteiger partial charge in [-0.15, -0.1) is 0 Å². The molecule has 122 valence electrons. The van der Waals surface area contributed by atoms with E-state index in [-0.39, 0.29) is 12.0 Å². The number of hydrogen-bond acceptors (Lipinski definition) is 4. The molecule has 4 nitrogen and oxygen atoms in total. The number of benzene rings is 1. The van der Waals surface area contributed by atoms with Crippen molar-refractivity contribution in [2.24, 2.45) is 0 Å². The fourth-order valence-corrected chi connectivity index (χ4v) is 2.86. The quantitative estimate of drug-likeness (QED) is 0.759. The molecule has 1 aromatic rings. The minimum absolute atomic E-state index is 0.199. The Labute approximate surface area is 141 Å². The molecule has 1 aromatic carbocycles. The summed E-state index contributed by atoms with van der Waals surface area (Å²) in [5.41, 5.74) is -0.0923. The first-order chi connectivity index (χ1) is 10.4. The third-order valence-electron chi connectivity index (χ3n) is 3.73. The summed E-state index contributed by atoms with van der Waals surface area (Å²) in [4.78, 5) is 18.4. The molecule has 1 unspecified atom stereocenters. The molecule has 1 fully saturated rings. The molecule has 1 heterocycles. The highest BCUT2D eigenvalue weighted by molar-refractivity contribution is 6.42. The second-order valence-corrected chi connectivity index (χ2v) is 6.53.